The Kier molecular flexibility index (Phi) is 3.51. The molecule has 1 amide bonds. The highest BCUT2D eigenvalue weighted by Crippen LogP contribution is 2.28. The number of carbonyl (C=O) groups excluding carboxylic acids is 1. The molecular weight excluding hydrogens is 264 g/mol. The summed E-state index contributed by atoms with van der Waals surface area (Å²) >= 11 is 0. The first-order valence-corrected chi connectivity index (χ1v) is 7.26. The van der Waals surface area contributed by atoms with Gasteiger partial charge in [-0.05, 0) is 37.3 Å². The molecule has 0 aliphatic heterocycles. The molecule has 0 radical (unpaired) electrons. The van der Waals surface area contributed by atoms with E-state index in [4.69, 9.17) is 5.73 Å². The average Bonchev–Trinajstić information content (AvgIpc) is 2.97. The minimum Gasteiger partial charge on any atom is -0.346 e. The van der Waals surface area contributed by atoms with Crippen LogP contribution in [-0.2, 0) is 16.8 Å². The highest BCUT2D eigenvalue weighted by Gasteiger charge is 2.33. The van der Waals surface area contributed by atoms with E-state index in [-0.39, 0.29) is 11.9 Å². The van der Waals surface area contributed by atoms with Gasteiger partial charge >= 0.3 is 0 Å². The van der Waals surface area contributed by atoms with Crippen molar-refractivity contribution in [1.82, 2.24) is 15.5 Å². The number of nitrogens with two attached hydrogens (primary N) is 1. The molecule has 0 saturated carbocycles. The molecule has 0 fully saturated rings. The fourth-order valence-corrected chi connectivity index (χ4v) is 2.83. The van der Waals surface area contributed by atoms with Crippen molar-refractivity contribution >= 4 is 5.91 Å². The maximum Gasteiger partial charge on any atom is 0.244 e. The second-order valence-corrected chi connectivity index (χ2v) is 5.80. The zero-order valence-corrected chi connectivity index (χ0v) is 12.1. The van der Waals surface area contributed by atoms with Crippen LogP contribution >= 0.6 is 0 Å². The van der Waals surface area contributed by atoms with E-state index in [1.54, 1.807) is 6.92 Å². The van der Waals surface area contributed by atoms with Crippen LogP contribution in [0.4, 0.5) is 0 Å². The number of benzene rings is 1. The van der Waals surface area contributed by atoms with Crippen LogP contribution in [0.25, 0.3) is 0 Å². The van der Waals surface area contributed by atoms with Gasteiger partial charge in [0.1, 0.15) is 5.54 Å². The van der Waals surface area contributed by atoms with Gasteiger partial charge in [-0.1, -0.05) is 30.3 Å². The molecule has 2 aromatic rings. The van der Waals surface area contributed by atoms with E-state index >= 15 is 0 Å². The van der Waals surface area contributed by atoms with Crippen LogP contribution in [0, 0.1) is 0 Å². The molecular formula is C16H20N4O. The second kappa shape index (κ2) is 5.33. The molecule has 2 atom stereocenters. The van der Waals surface area contributed by atoms with Gasteiger partial charge in [-0.2, -0.15) is 5.10 Å². The lowest BCUT2D eigenvalue weighted by Gasteiger charge is -2.29. The zero-order chi connectivity index (χ0) is 14.9. The van der Waals surface area contributed by atoms with Crippen LogP contribution in [0.5, 0.6) is 0 Å². The van der Waals surface area contributed by atoms with Gasteiger partial charge in [-0.3, -0.25) is 9.89 Å². The first kappa shape index (κ1) is 13.8. The summed E-state index contributed by atoms with van der Waals surface area (Å²) in [5, 5.41) is 10.1. The average molecular weight is 284 g/mol. The first-order chi connectivity index (χ1) is 10.1. The maximum atomic E-state index is 12.6. The minimum absolute atomic E-state index is 0.0321. The van der Waals surface area contributed by atoms with Crippen LogP contribution in [0.2, 0.25) is 0 Å². The van der Waals surface area contributed by atoms with E-state index in [0.717, 1.165) is 30.5 Å². The number of aromatic amines is 1. The number of amides is 1. The Hall–Kier alpha value is -2.14. The van der Waals surface area contributed by atoms with Crippen molar-refractivity contribution in [3.8, 4) is 0 Å². The number of nitrogens with one attached hydrogen (secondary N) is 2. The zero-order valence-electron chi connectivity index (χ0n) is 12.1. The normalized spacial score (nSPS) is 20.4. The standard InChI is InChI=1S/C16H20N4O/c1-16(17,12-7-3-2-4-8-12)15(21)19-13-9-5-6-11-10-18-20-14(11)13/h2-4,7-8,10,13H,5-6,9,17H2,1H3,(H,18,20)(H,19,21). The smallest absolute Gasteiger partial charge is 0.244 e. The lowest BCUT2D eigenvalue weighted by atomic mass is 9.89. The van der Waals surface area contributed by atoms with Crippen molar-refractivity contribution in [1.29, 1.82) is 0 Å². The molecule has 21 heavy (non-hydrogen) atoms. The largest absolute Gasteiger partial charge is 0.346 e. The van der Waals surface area contributed by atoms with Crippen LogP contribution in [-0.4, -0.2) is 16.1 Å². The van der Waals surface area contributed by atoms with E-state index in [2.05, 4.69) is 15.5 Å². The summed E-state index contributed by atoms with van der Waals surface area (Å²) in [7, 11) is 0. The molecule has 1 heterocycles. The van der Waals surface area contributed by atoms with Crippen molar-refractivity contribution < 1.29 is 4.79 Å². The van der Waals surface area contributed by atoms with Crippen molar-refractivity contribution in [3.05, 3.63) is 53.3 Å². The van der Waals surface area contributed by atoms with Gasteiger partial charge in [0, 0.05) is 0 Å². The predicted octanol–water partition coefficient (Wildman–Crippen LogP) is 1.78. The van der Waals surface area contributed by atoms with E-state index in [1.165, 1.54) is 5.56 Å². The highest BCUT2D eigenvalue weighted by atomic mass is 16.2. The summed E-state index contributed by atoms with van der Waals surface area (Å²) < 4.78 is 0. The number of nitrogens with zero attached hydrogens (tertiary/aromatic N) is 1. The predicted molar refractivity (Wildman–Crippen MR) is 80.4 cm³/mol. The van der Waals surface area contributed by atoms with E-state index in [1.807, 2.05) is 36.5 Å². The van der Waals surface area contributed by atoms with E-state index < -0.39 is 5.54 Å². The van der Waals surface area contributed by atoms with E-state index in [9.17, 15) is 4.79 Å². The Balaban J connectivity index is 1.79. The minimum atomic E-state index is -1.04. The number of H-pyrrole nitrogens is 1. The van der Waals surface area contributed by atoms with Crippen molar-refractivity contribution in [2.45, 2.75) is 37.8 Å². The third-order valence-corrected chi connectivity index (χ3v) is 4.19. The fraction of sp³-hybridized carbons (Fsp3) is 0.375. The molecule has 1 aromatic heterocycles. The lowest BCUT2D eigenvalue weighted by Crippen LogP contribution is -2.50. The molecule has 3 rings (SSSR count). The van der Waals surface area contributed by atoms with Gasteiger partial charge in [0.25, 0.3) is 0 Å². The summed E-state index contributed by atoms with van der Waals surface area (Å²) in [6.07, 6.45) is 4.80. The molecule has 5 nitrogen and oxygen atoms in total. The SMILES string of the molecule is CC(N)(C(=O)NC1CCCc2cn[nH]c21)c1ccccc1. The van der Waals surface area contributed by atoms with Gasteiger partial charge in [0.05, 0.1) is 17.9 Å². The van der Waals surface area contributed by atoms with Gasteiger partial charge in [0.15, 0.2) is 0 Å². The Morgan fingerprint density at radius 1 is 1.43 bits per heavy atom. The summed E-state index contributed by atoms with van der Waals surface area (Å²) in [6, 6.07) is 9.41. The molecule has 1 aliphatic rings. The van der Waals surface area contributed by atoms with E-state index in [0.29, 0.717) is 0 Å². The Bertz CT molecular complexity index is 633. The molecule has 2 unspecified atom stereocenters. The van der Waals surface area contributed by atoms with Gasteiger partial charge in [0.2, 0.25) is 5.91 Å². The van der Waals surface area contributed by atoms with Crippen molar-refractivity contribution in [2.75, 3.05) is 0 Å². The molecule has 0 spiro atoms. The summed E-state index contributed by atoms with van der Waals surface area (Å²) in [6.45, 7) is 1.74. The topological polar surface area (TPSA) is 83.8 Å². The van der Waals surface area contributed by atoms with Crippen molar-refractivity contribution in [2.24, 2.45) is 5.73 Å². The monoisotopic (exact) mass is 284 g/mol. The van der Waals surface area contributed by atoms with Crippen LogP contribution < -0.4 is 11.1 Å². The lowest BCUT2D eigenvalue weighted by molar-refractivity contribution is -0.127. The molecule has 1 aromatic carbocycles. The third kappa shape index (κ3) is 2.56. The molecule has 0 saturated heterocycles. The summed E-state index contributed by atoms with van der Waals surface area (Å²) in [4.78, 5) is 12.6. The Labute approximate surface area is 123 Å². The number of carbonyl (C=O) groups is 1. The number of hydrogen-bond donors (Lipinski definition) is 3. The summed E-state index contributed by atoms with van der Waals surface area (Å²) in [5.74, 6) is -0.166. The third-order valence-electron chi connectivity index (χ3n) is 4.19. The Morgan fingerprint density at radius 3 is 2.95 bits per heavy atom. The maximum absolute atomic E-state index is 12.6. The molecule has 110 valence electrons. The quantitative estimate of drug-likeness (QED) is 0.803. The number of fused-ring (bicyclic) bond motifs is 1. The van der Waals surface area contributed by atoms with Crippen LogP contribution in [0.3, 0.4) is 0 Å². The highest BCUT2D eigenvalue weighted by molar-refractivity contribution is 5.87. The van der Waals surface area contributed by atoms with Crippen LogP contribution in [0.1, 0.15) is 42.6 Å². The molecule has 1 aliphatic carbocycles. The molecule has 0 bridgehead atoms. The molecule has 5 heteroatoms. The second-order valence-electron chi connectivity index (χ2n) is 5.80. The number of hydrogen-bond acceptors (Lipinski definition) is 3. The molecule has 4 N–H and O–H groups in total. The van der Waals surface area contributed by atoms with Crippen LogP contribution in [0.15, 0.2) is 36.5 Å². The van der Waals surface area contributed by atoms with Gasteiger partial charge in [-0.25, -0.2) is 0 Å². The number of aromatic nitrogens is 2. The number of rotatable bonds is 3. The fourth-order valence-electron chi connectivity index (χ4n) is 2.83. The Morgan fingerprint density at radius 2 is 2.19 bits per heavy atom. The van der Waals surface area contributed by atoms with Gasteiger partial charge < -0.3 is 11.1 Å². The first-order valence-electron chi connectivity index (χ1n) is 7.26. The van der Waals surface area contributed by atoms with Gasteiger partial charge in [-0.15, -0.1) is 0 Å². The number of aryl methyl sites for hydroxylation is 1. The van der Waals surface area contributed by atoms with Crippen molar-refractivity contribution in [3.63, 3.8) is 0 Å². The summed E-state index contributed by atoms with van der Waals surface area (Å²) in [5.41, 5.74) is 8.22.